The largest absolute Gasteiger partial charge is 0.550 e. The topological polar surface area (TPSA) is 87.7 Å². The molecule has 1 aliphatic rings. The summed E-state index contributed by atoms with van der Waals surface area (Å²) < 4.78 is 10.4. The van der Waals surface area contributed by atoms with Gasteiger partial charge in [0, 0.05) is 23.6 Å². The molecule has 21 heavy (non-hydrogen) atoms. The lowest BCUT2D eigenvalue weighted by atomic mass is 9.81. The number of benzene rings is 1. The minimum absolute atomic E-state index is 0.300. The molecule has 2 unspecified atom stereocenters. The number of nitrogens with one attached hydrogen (secondary N) is 1. The summed E-state index contributed by atoms with van der Waals surface area (Å²) in [4.78, 5) is 23.3. The predicted molar refractivity (Wildman–Crippen MR) is 74.2 cm³/mol. The summed E-state index contributed by atoms with van der Waals surface area (Å²) in [7, 11) is 3.04. The van der Waals surface area contributed by atoms with Crippen LogP contribution in [0.15, 0.2) is 12.1 Å². The van der Waals surface area contributed by atoms with Crippen molar-refractivity contribution in [3.8, 4) is 11.5 Å². The first kappa shape index (κ1) is 15.2. The van der Waals surface area contributed by atoms with Crippen molar-refractivity contribution in [3.05, 3.63) is 17.7 Å². The number of aliphatic carboxylic acids is 1. The van der Waals surface area contributed by atoms with Crippen LogP contribution in [-0.2, 0) is 16.0 Å². The van der Waals surface area contributed by atoms with Crippen molar-refractivity contribution in [2.24, 2.45) is 11.8 Å². The van der Waals surface area contributed by atoms with E-state index in [0.29, 0.717) is 30.0 Å². The van der Waals surface area contributed by atoms with Gasteiger partial charge in [0.2, 0.25) is 5.91 Å². The quantitative estimate of drug-likeness (QED) is 0.858. The molecule has 1 aromatic carbocycles. The van der Waals surface area contributed by atoms with E-state index < -0.39 is 17.8 Å². The number of amides is 1. The summed E-state index contributed by atoms with van der Waals surface area (Å²) in [5.41, 5.74) is 1.46. The van der Waals surface area contributed by atoms with E-state index in [0.717, 1.165) is 5.56 Å². The molecule has 0 radical (unpaired) electrons. The molecular formula is C15H18NO5-. The molecule has 1 heterocycles. The molecule has 1 N–H and O–H groups in total. The third-order valence-corrected chi connectivity index (χ3v) is 3.87. The van der Waals surface area contributed by atoms with E-state index in [1.165, 1.54) is 14.2 Å². The smallest absolute Gasteiger partial charge is 0.228 e. The van der Waals surface area contributed by atoms with E-state index in [4.69, 9.17) is 9.47 Å². The Balaban J connectivity index is 2.38. The highest BCUT2D eigenvalue weighted by molar-refractivity contribution is 5.98. The third-order valence-electron chi connectivity index (χ3n) is 3.87. The maximum absolute atomic E-state index is 12.1. The Morgan fingerprint density at radius 2 is 2.00 bits per heavy atom. The van der Waals surface area contributed by atoms with Gasteiger partial charge in [0.25, 0.3) is 0 Å². The lowest BCUT2D eigenvalue weighted by molar-refractivity contribution is -0.313. The van der Waals surface area contributed by atoms with Gasteiger partial charge in [0.1, 0.15) is 0 Å². The molecule has 1 aliphatic heterocycles. The average molecular weight is 292 g/mol. The summed E-state index contributed by atoms with van der Waals surface area (Å²) in [6, 6.07) is 3.45. The first-order valence-electron chi connectivity index (χ1n) is 6.78. The van der Waals surface area contributed by atoms with E-state index in [1.54, 1.807) is 19.1 Å². The molecule has 0 aromatic heterocycles. The van der Waals surface area contributed by atoms with Crippen molar-refractivity contribution >= 4 is 17.6 Å². The molecule has 1 aromatic rings. The molecule has 0 aliphatic carbocycles. The Morgan fingerprint density at radius 1 is 1.38 bits per heavy atom. The molecule has 0 saturated carbocycles. The zero-order chi connectivity index (χ0) is 15.6. The van der Waals surface area contributed by atoms with Crippen molar-refractivity contribution in [3.63, 3.8) is 0 Å². The molecule has 114 valence electrons. The minimum atomic E-state index is -1.19. The second kappa shape index (κ2) is 6.03. The van der Waals surface area contributed by atoms with Gasteiger partial charge in [0.05, 0.1) is 20.1 Å². The molecule has 0 saturated heterocycles. The standard InChI is InChI=1S/C15H19NO5/c1-4-9(15(18)19)10-5-8-6-12(20-2)13(21-3)7-11(8)16-14(10)17/h6-7,9-10H,4-5H2,1-3H3,(H,16,17)(H,18,19)/p-1. The van der Waals surface area contributed by atoms with Crippen LogP contribution in [0.25, 0.3) is 0 Å². The second-order valence-electron chi connectivity index (χ2n) is 5.00. The summed E-state index contributed by atoms with van der Waals surface area (Å²) >= 11 is 0. The van der Waals surface area contributed by atoms with Gasteiger partial charge in [-0.3, -0.25) is 4.79 Å². The van der Waals surface area contributed by atoms with Gasteiger partial charge in [0.15, 0.2) is 11.5 Å². The zero-order valence-electron chi connectivity index (χ0n) is 12.3. The number of ether oxygens (including phenoxy) is 2. The minimum Gasteiger partial charge on any atom is -0.550 e. The van der Waals surface area contributed by atoms with Crippen LogP contribution in [0.5, 0.6) is 11.5 Å². The molecule has 6 heteroatoms. The van der Waals surface area contributed by atoms with Crippen LogP contribution in [-0.4, -0.2) is 26.1 Å². The van der Waals surface area contributed by atoms with E-state index in [2.05, 4.69) is 5.32 Å². The van der Waals surface area contributed by atoms with Gasteiger partial charge in [-0.05, 0) is 24.5 Å². The number of carbonyl (C=O) groups excluding carboxylic acids is 2. The van der Waals surface area contributed by atoms with Gasteiger partial charge in [-0.15, -0.1) is 0 Å². The fourth-order valence-corrected chi connectivity index (χ4v) is 2.70. The molecule has 0 bridgehead atoms. The fourth-order valence-electron chi connectivity index (χ4n) is 2.70. The summed E-state index contributed by atoms with van der Waals surface area (Å²) in [6.07, 6.45) is 0.692. The monoisotopic (exact) mass is 292 g/mol. The number of anilines is 1. The molecule has 6 nitrogen and oxygen atoms in total. The molecular weight excluding hydrogens is 274 g/mol. The van der Waals surface area contributed by atoms with Gasteiger partial charge in [-0.2, -0.15) is 0 Å². The summed E-state index contributed by atoms with van der Waals surface area (Å²) in [5.74, 6) is -1.86. The SMILES string of the molecule is CCC(C(=O)[O-])C1Cc2cc(OC)c(OC)cc2NC1=O. The fraction of sp³-hybridized carbons (Fsp3) is 0.467. The van der Waals surface area contributed by atoms with E-state index in [9.17, 15) is 14.7 Å². The maximum Gasteiger partial charge on any atom is 0.228 e. The van der Waals surface area contributed by atoms with Crippen LogP contribution >= 0.6 is 0 Å². The number of carboxylic acid groups (broad SMARTS) is 1. The Bertz CT molecular complexity index is 569. The molecule has 2 rings (SSSR count). The Hall–Kier alpha value is -2.24. The number of carboxylic acids is 1. The predicted octanol–water partition coefficient (Wildman–Crippen LogP) is 0.591. The Kier molecular flexibility index (Phi) is 4.35. The van der Waals surface area contributed by atoms with Crippen molar-refractivity contribution in [2.45, 2.75) is 19.8 Å². The van der Waals surface area contributed by atoms with Crippen molar-refractivity contribution in [1.82, 2.24) is 0 Å². The second-order valence-corrected chi connectivity index (χ2v) is 5.00. The van der Waals surface area contributed by atoms with Crippen molar-refractivity contribution in [2.75, 3.05) is 19.5 Å². The number of methoxy groups -OCH3 is 2. The molecule has 1 amide bonds. The van der Waals surface area contributed by atoms with E-state index >= 15 is 0 Å². The van der Waals surface area contributed by atoms with E-state index in [1.807, 2.05) is 0 Å². The average Bonchev–Trinajstić information content (AvgIpc) is 2.46. The lowest BCUT2D eigenvalue weighted by Gasteiger charge is -2.31. The normalized spacial score (nSPS) is 18.4. The Morgan fingerprint density at radius 3 is 2.52 bits per heavy atom. The summed E-state index contributed by atoms with van der Waals surface area (Å²) in [6.45, 7) is 1.73. The van der Waals surface area contributed by atoms with Crippen LogP contribution in [0.3, 0.4) is 0 Å². The summed E-state index contributed by atoms with van der Waals surface area (Å²) in [5, 5.41) is 13.9. The van der Waals surface area contributed by atoms with Gasteiger partial charge in [-0.1, -0.05) is 6.92 Å². The van der Waals surface area contributed by atoms with Crippen LogP contribution < -0.4 is 19.9 Å². The van der Waals surface area contributed by atoms with Crippen LogP contribution in [0.2, 0.25) is 0 Å². The van der Waals surface area contributed by atoms with Gasteiger partial charge >= 0.3 is 0 Å². The number of hydrogen-bond acceptors (Lipinski definition) is 5. The zero-order valence-corrected chi connectivity index (χ0v) is 12.3. The van der Waals surface area contributed by atoms with Crippen LogP contribution in [0.1, 0.15) is 18.9 Å². The molecule has 0 fully saturated rings. The molecule has 0 spiro atoms. The van der Waals surface area contributed by atoms with Gasteiger partial charge in [-0.25, -0.2) is 0 Å². The third kappa shape index (κ3) is 2.79. The highest BCUT2D eigenvalue weighted by Crippen LogP contribution is 2.38. The van der Waals surface area contributed by atoms with E-state index in [-0.39, 0.29) is 5.91 Å². The van der Waals surface area contributed by atoms with Crippen molar-refractivity contribution < 1.29 is 24.2 Å². The number of fused-ring (bicyclic) bond motifs is 1. The highest BCUT2D eigenvalue weighted by Gasteiger charge is 2.33. The lowest BCUT2D eigenvalue weighted by Crippen LogP contribution is -2.43. The van der Waals surface area contributed by atoms with Crippen LogP contribution in [0.4, 0.5) is 5.69 Å². The van der Waals surface area contributed by atoms with Gasteiger partial charge < -0.3 is 24.7 Å². The van der Waals surface area contributed by atoms with Crippen molar-refractivity contribution in [1.29, 1.82) is 0 Å². The van der Waals surface area contributed by atoms with Crippen LogP contribution in [0, 0.1) is 11.8 Å². The number of rotatable bonds is 5. The first-order valence-corrected chi connectivity index (χ1v) is 6.78. The highest BCUT2D eigenvalue weighted by atomic mass is 16.5. The Labute approximate surface area is 123 Å². The number of carbonyl (C=O) groups is 2. The number of hydrogen-bond donors (Lipinski definition) is 1. The molecule has 2 atom stereocenters. The first-order chi connectivity index (χ1) is 10.0. The maximum atomic E-state index is 12.1.